The van der Waals surface area contributed by atoms with E-state index in [0.29, 0.717) is 41.3 Å². The molecule has 1 N–H and O–H groups in total. The van der Waals surface area contributed by atoms with Crippen LogP contribution in [0.25, 0.3) is 0 Å². The van der Waals surface area contributed by atoms with Crippen molar-refractivity contribution >= 4 is 39.1 Å². The predicted molar refractivity (Wildman–Crippen MR) is 121 cm³/mol. The molecule has 3 rings (SSSR count). The molecule has 0 amide bonds. The summed E-state index contributed by atoms with van der Waals surface area (Å²) in [6, 6.07) is 13.3. The first-order valence-electron chi connectivity index (χ1n) is 9.18. The molecule has 0 saturated carbocycles. The molecule has 0 atom stereocenters. The van der Waals surface area contributed by atoms with Crippen molar-refractivity contribution in [3.05, 3.63) is 86.1 Å². The Morgan fingerprint density at radius 2 is 1.86 bits per heavy atom. The summed E-state index contributed by atoms with van der Waals surface area (Å²) in [6.45, 7) is 4.23. The highest BCUT2D eigenvalue weighted by molar-refractivity contribution is 9.10. The zero-order valence-electron chi connectivity index (χ0n) is 15.9. The van der Waals surface area contributed by atoms with Crippen LogP contribution in [-0.2, 0) is 19.7 Å². The summed E-state index contributed by atoms with van der Waals surface area (Å²) >= 11 is 15.8. The SMILES string of the molecule is CCOc1cc(CNCc2cccnc2)cc(Br)c1OCc1ccc(Cl)cc1Cl. The number of aromatic nitrogens is 1. The number of benzene rings is 2. The second-order valence-electron chi connectivity index (χ2n) is 6.33. The number of ether oxygens (including phenoxy) is 2. The number of nitrogens with zero attached hydrogens (tertiary/aromatic N) is 1. The van der Waals surface area contributed by atoms with Gasteiger partial charge in [0, 0.05) is 41.1 Å². The van der Waals surface area contributed by atoms with Gasteiger partial charge in [0.2, 0.25) is 0 Å². The first kappa shape index (κ1) is 21.9. The Morgan fingerprint density at radius 1 is 1.03 bits per heavy atom. The van der Waals surface area contributed by atoms with Gasteiger partial charge in [0.15, 0.2) is 11.5 Å². The van der Waals surface area contributed by atoms with Crippen LogP contribution in [0.5, 0.6) is 11.5 Å². The van der Waals surface area contributed by atoms with Crippen LogP contribution in [-0.4, -0.2) is 11.6 Å². The Labute approximate surface area is 189 Å². The predicted octanol–water partition coefficient (Wildman–Crippen LogP) is 6.42. The van der Waals surface area contributed by atoms with E-state index in [-0.39, 0.29) is 0 Å². The smallest absolute Gasteiger partial charge is 0.175 e. The lowest BCUT2D eigenvalue weighted by atomic mass is 10.2. The third kappa shape index (κ3) is 6.34. The van der Waals surface area contributed by atoms with Gasteiger partial charge in [-0.15, -0.1) is 0 Å². The third-order valence-electron chi connectivity index (χ3n) is 4.14. The van der Waals surface area contributed by atoms with Crippen LogP contribution in [0.1, 0.15) is 23.6 Å². The molecule has 0 aliphatic rings. The third-order valence-corrected chi connectivity index (χ3v) is 5.31. The van der Waals surface area contributed by atoms with Gasteiger partial charge in [-0.05, 0) is 64.3 Å². The number of halogens is 3. The number of pyridine rings is 1. The summed E-state index contributed by atoms with van der Waals surface area (Å²) in [5.74, 6) is 1.33. The van der Waals surface area contributed by atoms with Crippen molar-refractivity contribution in [2.24, 2.45) is 0 Å². The van der Waals surface area contributed by atoms with E-state index in [9.17, 15) is 0 Å². The van der Waals surface area contributed by atoms with E-state index in [1.807, 2.05) is 43.5 Å². The second kappa shape index (κ2) is 10.8. The number of hydrogen-bond acceptors (Lipinski definition) is 4. The zero-order chi connectivity index (χ0) is 20.6. The molecule has 1 aromatic heterocycles. The van der Waals surface area contributed by atoms with Gasteiger partial charge in [0.05, 0.1) is 11.1 Å². The van der Waals surface area contributed by atoms with E-state index >= 15 is 0 Å². The van der Waals surface area contributed by atoms with Gasteiger partial charge in [-0.25, -0.2) is 0 Å². The van der Waals surface area contributed by atoms with Crippen LogP contribution in [0, 0.1) is 0 Å². The summed E-state index contributed by atoms with van der Waals surface area (Å²) in [5.41, 5.74) is 3.07. The molecule has 2 aromatic carbocycles. The van der Waals surface area contributed by atoms with Crippen LogP contribution >= 0.6 is 39.1 Å². The molecule has 0 unspecified atom stereocenters. The number of nitrogens with one attached hydrogen (secondary N) is 1. The van der Waals surface area contributed by atoms with E-state index in [1.165, 1.54) is 0 Å². The number of rotatable bonds is 9. The molecular formula is C22H21BrCl2N2O2. The van der Waals surface area contributed by atoms with Gasteiger partial charge >= 0.3 is 0 Å². The molecule has 152 valence electrons. The van der Waals surface area contributed by atoms with Crippen LogP contribution < -0.4 is 14.8 Å². The second-order valence-corrected chi connectivity index (χ2v) is 8.03. The molecule has 0 bridgehead atoms. The highest BCUT2D eigenvalue weighted by Gasteiger charge is 2.13. The molecule has 7 heteroatoms. The first-order chi connectivity index (χ1) is 14.1. The van der Waals surface area contributed by atoms with Crippen molar-refractivity contribution < 1.29 is 9.47 Å². The monoisotopic (exact) mass is 494 g/mol. The maximum Gasteiger partial charge on any atom is 0.175 e. The summed E-state index contributed by atoms with van der Waals surface area (Å²) in [4.78, 5) is 4.13. The fourth-order valence-corrected chi connectivity index (χ4v) is 3.84. The molecular weight excluding hydrogens is 475 g/mol. The number of hydrogen-bond donors (Lipinski definition) is 1. The highest BCUT2D eigenvalue weighted by atomic mass is 79.9. The van der Waals surface area contributed by atoms with Gasteiger partial charge < -0.3 is 14.8 Å². The minimum Gasteiger partial charge on any atom is -0.490 e. The molecule has 3 aromatic rings. The van der Waals surface area contributed by atoms with Gasteiger partial charge in [0.25, 0.3) is 0 Å². The van der Waals surface area contributed by atoms with Gasteiger partial charge in [-0.3, -0.25) is 4.98 Å². The summed E-state index contributed by atoms with van der Waals surface area (Å²) < 4.78 is 12.7. The molecule has 0 spiro atoms. The van der Waals surface area contributed by atoms with Crippen molar-refractivity contribution in [3.63, 3.8) is 0 Å². The van der Waals surface area contributed by atoms with Crippen LogP contribution in [0.3, 0.4) is 0 Å². The van der Waals surface area contributed by atoms with E-state index in [1.54, 1.807) is 18.3 Å². The maximum atomic E-state index is 6.25. The summed E-state index contributed by atoms with van der Waals surface area (Å²) in [5, 5.41) is 4.58. The van der Waals surface area contributed by atoms with E-state index < -0.39 is 0 Å². The summed E-state index contributed by atoms with van der Waals surface area (Å²) in [7, 11) is 0. The van der Waals surface area contributed by atoms with Crippen molar-refractivity contribution in [2.75, 3.05) is 6.61 Å². The highest BCUT2D eigenvalue weighted by Crippen LogP contribution is 2.38. The normalized spacial score (nSPS) is 10.8. The molecule has 0 radical (unpaired) electrons. The quantitative estimate of drug-likeness (QED) is 0.372. The Kier molecular flexibility index (Phi) is 8.19. The first-order valence-corrected chi connectivity index (χ1v) is 10.7. The lowest BCUT2D eigenvalue weighted by Crippen LogP contribution is -2.13. The summed E-state index contributed by atoms with van der Waals surface area (Å²) in [6.07, 6.45) is 3.62. The van der Waals surface area contributed by atoms with Crippen LogP contribution in [0.15, 0.2) is 59.3 Å². The van der Waals surface area contributed by atoms with Crippen LogP contribution in [0.2, 0.25) is 10.0 Å². The Bertz CT molecular complexity index is 955. The average Bonchev–Trinajstić information content (AvgIpc) is 2.70. The van der Waals surface area contributed by atoms with Crippen molar-refractivity contribution in [2.45, 2.75) is 26.6 Å². The molecule has 1 heterocycles. The van der Waals surface area contributed by atoms with Crippen LogP contribution in [0.4, 0.5) is 0 Å². The molecule has 0 aliphatic heterocycles. The van der Waals surface area contributed by atoms with E-state index in [2.05, 4.69) is 26.2 Å². The fourth-order valence-electron chi connectivity index (χ4n) is 2.77. The Hall–Kier alpha value is -1.79. The molecule has 29 heavy (non-hydrogen) atoms. The minimum absolute atomic E-state index is 0.313. The molecule has 0 fully saturated rings. The van der Waals surface area contributed by atoms with Crippen molar-refractivity contribution in [3.8, 4) is 11.5 Å². The standard InChI is InChI=1S/C22H21BrCl2N2O2/c1-2-28-21-9-16(13-27-12-15-4-3-7-26-11-15)8-19(23)22(21)29-14-17-5-6-18(24)10-20(17)25/h3-11,27H,2,12-14H2,1H3. The average molecular weight is 496 g/mol. The minimum atomic E-state index is 0.313. The van der Waals surface area contributed by atoms with E-state index in [0.717, 1.165) is 27.7 Å². The Morgan fingerprint density at radius 3 is 2.59 bits per heavy atom. The van der Waals surface area contributed by atoms with Gasteiger partial charge in [0.1, 0.15) is 6.61 Å². The lowest BCUT2D eigenvalue weighted by molar-refractivity contribution is 0.267. The lowest BCUT2D eigenvalue weighted by Gasteiger charge is -2.16. The fraction of sp³-hybridized carbons (Fsp3) is 0.227. The largest absolute Gasteiger partial charge is 0.490 e. The van der Waals surface area contributed by atoms with Gasteiger partial charge in [-0.1, -0.05) is 35.3 Å². The van der Waals surface area contributed by atoms with E-state index in [4.69, 9.17) is 32.7 Å². The van der Waals surface area contributed by atoms with Crippen molar-refractivity contribution in [1.82, 2.24) is 10.3 Å². The molecule has 4 nitrogen and oxygen atoms in total. The molecule has 0 saturated heterocycles. The maximum absolute atomic E-state index is 6.25. The topological polar surface area (TPSA) is 43.4 Å². The van der Waals surface area contributed by atoms with Crippen molar-refractivity contribution in [1.29, 1.82) is 0 Å². The van der Waals surface area contributed by atoms with Gasteiger partial charge in [-0.2, -0.15) is 0 Å². The molecule has 0 aliphatic carbocycles. The zero-order valence-corrected chi connectivity index (χ0v) is 19.0. The Balaban J connectivity index is 1.70.